The monoisotopic (exact) mass is 247 g/mol. The summed E-state index contributed by atoms with van der Waals surface area (Å²) in [5.74, 6) is -0.592. The molecule has 1 atom stereocenters. The highest BCUT2D eigenvalue weighted by Crippen LogP contribution is 2.23. The van der Waals surface area contributed by atoms with Gasteiger partial charge in [0.25, 0.3) is 5.91 Å². The van der Waals surface area contributed by atoms with E-state index in [2.05, 4.69) is 4.99 Å². The normalized spacial score (nSPS) is 20.9. The van der Waals surface area contributed by atoms with E-state index >= 15 is 0 Å². The van der Waals surface area contributed by atoms with Crippen LogP contribution in [0.15, 0.2) is 41.1 Å². The Morgan fingerprint density at radius 3 is 3.06 bits per heavy atom. The zero-order valence-corrected chi connectivity index (χ0v) is 9.96. The van der Waals surface area contributed by atoms with Crippen LogP contribution in [-0.2, 0) is 19.1 Å². The van der Waals surface area contributed by atoms with Gasteiger partial charge in [-0.3, -0.25) is 4.79 Å². The van der Waals surface area contributed by atoms with Gasteiger partial charge in [-0.05, 0) is 13.0 Å². The summed E-state index contributed by atoms with van der Waals surface area (Å²) in [5.41, 5.74) is 0.629. The van der Waals surface area contributed by atoms with Crippen molar-refractivity contribution >= 4 is 17.6 Å². The van der Waals surface area contributed by atoms with E-state index in [0.29, 0.717) is 18.1 Å². The molecule has 0 aromatic carbocycles. The molecule has 0 saturated carbocycles. The van der Waals surface area contributed by atoms with Gasteiger partial charge in [0.05, 0.1) is 18.2 Å². The van der Waals surface area contributed by atoms with Crippen LogP contribution in [0.4, 0.5) is 0 Å². The van der Waals surface area contributed by atoms with Crippen molar-refractivity contribution in [2.75, 3.05) is 13.2 Å². The Balaban J connectivity index is 2.04. The van der Waals surface area contributed by atoms with Crippen molar-refractivity contribution in [3.63, 3.8) is 0 Å². The summed E-state index contributed by atoms with van der Waals surface area (Å²) in [5, 5.41) is 0. The Morgan fingerprint density at radius 2 is 2.28 bits per heavy atom. The number of nitrogens with zero attached hydrogens (tertiary/aromatic N) is 1. The van der Waals surface area contributed by atoms with Crippen molar-refractivity contribution in [2.24, 2.45) is 10.9 Å². The van der Waals surface area contributed by atoms with Crippen LogP contribution in [0.5, 0.6) is 0 Å². The van der Waals surface area contributed by atoms with Crippen LogP contribution in [0.25, 0.3) is 0 Å². The average Bonchev–Trinajstić information content (AvgIpc) is 2.36. The lowest BCUT2D eigenvalue weighted by molar-refractivity contribution is -0.147. The number of carbonyl (C=O) groups excluding carboxylic acids is 2. The fourth-order valence-electron chi connectivity index (χ4n) is 1.73. The SMILES string of the molecule is CCOC(=O)COC1=CC(=O)N=C2C=CC=CC12. The van der Waals surface area contributed by atoms with Gasteiger partial charge in [-0.15, -0.1) is 0 Å². The molecule has 2 rings (SSSR count). The van der Waals surface area contributed by atoms with Crippen molar-refractivity contribution in [2.45, 2.75) is 6.92 Å². The van der Waals surface area contributed by atoms with Gasteiger partial charge in [0.1, 0.15) is 5.76 Å². The van der Waals surface area contributed by atoms with E-state index in [0.717, 1.165) is 0 Å². The van der Waals surface area contributed by atoms with Gasteiger partial charge in [-0.25, -0.2) is 9.79 Å². The third-order valence-corrected chi connectivity index (χ3v) is 2.47. The molecule has 5 heteroatoms. The number of amides is 1. The first-order valence-corrected chi connectivity index (χ1v) is 5.68. The minimum Gasteiger partial charge on any atom is -0.485 e. The average molecular weight is 247 g/mol. The van der Waals surface area contributed by atoms with E-state index in [9.17, 15) is 9.59 Å². The number of ether oxygens (including phenoxy) is 2. The summed E-state index contributed by atoms with van der Waals surface area (Å²) < 4.78 is 10.1. The number of allylic oxidation sites excluding steroid dienone is 4. The number of rotatable bonds is 4. The molecule has 0 aromatic heterocycles. The van der Waals surface area contributed by atoms with Gasteiger partial charge in [0.2, 0.25) is 0 Å². The van der Waals surface area contributed by atoms with Crippen molar-refractivity contribution in [3.8, 4) is 0 Å². The summed E-state index contributed by atoms with van der Waals surface area (Å²) >= 11 is 0. The minimum absolute atomic E-state index is 0.192. The first kappa shape index (κ1) is 12.3. The standard InChI is InChI=1S/C13H13NO4/c1-2-17-13(16)8-18-11-7-12(15)14-10-6-4-3-5-9(10)11/h3-7,9H,2,8H2,1H3. The fraction of sp³-hybridized carbons (Fsp3) is 0.308. The number of hydrogen-bond acceptors (Lipinski definition) is 4. The lowest BCUT2D eigenvalue weighted by Crippen LogP contribution is -2.24. The number of hydrogen-bond donors (Lipinski definition) is 0. The van der Waals surface area contributed by atoms with Crippen molar-refractivity contribution in [1.29, 1.82) is 0 Å². The minimum atomic E-state index is -0.453. The maximum atomic E-state index is 11.4. The number of carbonyl (C=O) groups is 2. The van der Waals surface area contributed by atoms with Crippen LogP contribution in [-0.4, -0.2) is 30.8 Å². The van der Waals surface area contributed by atoms with Gasteiger partial charge in [-0.1, -0.05) is 18.2 Å². The van der Waals surface area contributed by atoms with Gasteiger partial charge in [-0.2, -0.15) is 0 Å². The molecule has 0 aromatic rings. The Hall–Kier alpha value is -2.17. The van der Waals surface area contributed by atoms with Gasteiger partial charge >= 0.3 is 5.97 Å². The van der Waals surface area contributed by atoms with E-state index in [1.54, 1.807) is 19.1 Å². The smallest absolute Gasteiger partial charge is 0.344 e. The Morgan fingerprint density at radius 1 is 1.44 bits per heavy atom. The van der Waals surface area contributed by atoms with E-state index in [4.69, 9.17) is 9.47 Å². The summed E-state index contributed by atoms with van der Waals surface area (Å²) in [4.78, 5) is 26.5. The maximum absolute atomic E-state index is 11.4. The highest BCUT2D eigenvalue weighted by molar-refractivity contribution is 6.11. The molecular weight excluding hydrogens is 234 g/mol. The predicted octanol–water partition coefficient (Wildman–Crippen LogP) is 1.17. The highest BCUT2D eigenvalue weighted by Gasteiger charge is 2.25. The van der Waals surface area contributed by atoms with E-state index in [1.807, 2.05) is 12.2 Å². The molecule has 94 valence electrons. The van der Waals surface area contributed by atoms with E-state index in [1.165, 1.54) is 6.08 Å². The predicted molar refractivity (Wildman–Crippen MR) is 64.9 cm³/mol. The second kappa shape index (κ2) is 5.44. The third kappa shape index (κ3) is 2.74. The van der Waals surface area contributed by atoms with E-state index < -0.39 is 5.97 Å². The molecule has 0 N–H and O–H groups in total. The molecule has 1 unspecified atom stereocenters. The van der Waals surface area contributed by atoms with Crippen LogP contribution in [0.3, 0.4) is 0 Å². The molecule has 0 fully saturated rings. The molecule has 0 saturated heterocycles. The molecule has 5 nitrogen and oxygen atoms in total. The molecular formula is C13H13NO4. The highest BCUT2D eigenvalue weighted by atomic mass is 16.6. The van der Waals surface area contributed by atoms with Crippen molar-refractivity contribution in [1.82, 2.24) is 0 Å². The topological polar surface area (TPSA) is 65.0 Å². The van der Waals surface area contributed by atoms with Crippen LogP contribution in [0, 0.1) is 5.92 Å². The second-order valence-corrected chi connectivity index (χ2v) is 3.74. The lowest BCUT2D eigenvalue weighted by atomic mass is 9.94. The molecule has 0 spiro atoms. The first-order chi connectivity index (χ1) is 8.70. The van der Waals surface area contributed by atoms with Crippen molar-refractivity contribution < 1.29 is 19.1 Å². The molecule has 1 heterocycles. The molecule has 1 aliphatic carbocycles. The summed E-state index contributed by atoms with van der Waals surface area (Å²) in [6, 6.07) is 0. The number of aliphatic imine (C=N–C) groups is 1. The third-order valence-electron chi connectivity index (χ3n) is 2.47. The Bertz CT molecular complexity index is 485. The van der Waals surface area contributed by atoms with Gasteiger partial charge in [0.15, 0.2) is 6.61 Å². The zero-order valence-electron chi connectivity index (χ0n) is 9.96. The van der Waals surface area contributed by atoms with Crippen LogP contribution < -0.4 is 0 Å². The molecule has 18 heavy (non-hydrogen) atoms. The molecule has 1 amide bonds. The number of fused-ring (bicyclic) bond motifs is 1. The quantitative estimate of drug-likeness (QED) is 0.699. The molecule has 2 aliphatic rings. The van der Waals surface area contributed by atoms with Crippen LogP contribution in [0.2, 0.25) is 0 Å². The first-order valence-electron chi connectivity index (χ1n) is 5.68. The van der Waals surface area contributed by atoms with Crippen LogP contribution >= 0.6 is 0 Å². The number of dihydropyridines is 1. The van der Waals surface area contributed by atoms with E-state index in [-0.39, 0.29) is 18.4 Å². The lowest BCUT2D eigenvalue weighted by Gasteiger charge is -2.21. The molecule has 0 bridgehead atoms. The summed E-state index contributed by atoms with van der Waals surface area (Å²) in [6.07, 6.45) is 8.57. The van der Waals surface area contributed by atoms with Crippen LogP contribution in [0.1, 0.15) is 6.92 Å². The van der Waals surface area contributed by atoms with Gasteiger partial charge in [0, 0.05) is 6.08 Å². The summed E-state index contributed by atoms with van der Waals surface area (Å²) in [6.45, 7) is 1.83. The number of esters is 1. The molecule has 0 radical (unpaired) electrons. The second-order valence-electron chi connectivity index (χ2n) is 3.74. The van der Waals surface area contributed by atoms with Crippen molar-refractivity contribution in [3.05, 3.63) is 36.1 Å². The fourth-order valence-corrected chi connectivity index (χ4v) is 1.73. The Labute approximate surface area is 104 Å². The largest absolute Gasteiger partial charge is 0.485 e. The van der Waals surface area contributed by atoms with Gasteiger partial charge < -0.3 is 9.47 Å². The molecule has 1 aliphatic heterocycles. The summed E-state index contributed by atoms with van der Waals surface area (Å²) in [7, 11) is 0. The Kier molecular flexibility index (Phi) is 3.72. The maximum Gasteiger partial charge on any atom is 0.344 e. The zero-order chi connectivity index (χ0) is 13.0.